The molecule has 0 bridgehead atoms. The second-order valence-corrected chi connectivity index (χ2v) is 13.7. The first-order valence-corrected chi connectivity index (χ1v) is 17.1. The van der Waals surface area contributed by atoms with Gasteiger partial charge in [-0.1, -0.05) is 48.5 Å². The first kappa shape index (κ1) is 34.6. The van der Waals surface area contributed by atoms with Gasteiger partial charge < -0.3 is 10.1 Å². The van der Waals surface area contributed by atoms with Crippen molar-refractivity contribution in [2.24, 2.45) is 0 Å². The average molecular weight is 695 g/mol. The van der Waals surface area contributed by atoms with Gasteiger partial charge in [0.2, 0.25) is 0 Å². The maximum absolute atomic E-state index is 15.8. The maximum Gasteiger partial charge on any atom is 0.416 e. The Morgan fingerprint density at radius 3 is 2.40 bits per heavy atom. The van der Waals surface area contributed by atoms with Crippen LogP contribution in [0.25, 0.3) is 11.1 Å². The van der Waals surface area contributed by atoms with Gasteiger partial charge >= 0.3 is 6.18 Å². The van der Waals surface area contributed by atoms with Gasteiger partial charge in [-0.2, -0.15) is 21.6 Å². The second-order valence-electron chi connectivity index (χ2n) is 11.1. The maximum atomic E-state index is 15.8. The third kappa shape index (κ3) is 7.25. The highest BCUT2D eigenvalue weighted by Gasteiger charge is 2.38. The van der Waals surface area contributed by atoms with E-state index in [2.05, 4.69) is 5.32 Å². The summed E-state index contributed by atoms with van der Waals surface area (Å²) in [5.41, 5.74) is -1.41. The molecule has 0 fully saturated rings. The van der Waals surface area contributed by atoms with Crippen LogP contribution < -0.4 is 15.6 Å². The zero-order valence-electron chi connectivity index (χ0n) is 25.3. The molecular weight excluding hydrogens is 663 g/mol. The summed E-state index contributed by atoms with van der Waals surface area (Å²) < 4.78 is 112. The number of methoxy groups -OCH3 is 1. The normalized spacial score (nSPS) is 15.4. The van der Waals surface area contributed by atoms with Gasteiger partial charge in [0.05, 0.1) is 41.1 Å². The molecule has 0 amide bonds. The Balaban J connectivity index is 1.73. The smallest absolute Gasteiger partial charge is 0.416 e. The Morgan fingerprint density at radius 1 is 1.04 bits per heavy atom. The molecule has 1 aromatic heterocycles. The molecule has 1 aliphatic heterocycles. The minimum atomic E-state index is -4.86. The van der Waals surface area contributed by atoms with Crippen molar-refractivity contribution in [1.82, 2.24) is 9.88 Å². The van der Waals surface area contributed by atoms with Gasteiger partial charge in [-0.15, -0.1) is 11.8 Å². The van der Waals surface area contributed by atoms with Crippen LogP contribution in [0.3, 0.4) is 0 Å². The minimum absolute atomic E-state index is 0.0523. The number of halogens is 5. The third-order valence-corrected chi connectivity index (χ3v) is 10.2. The molecular formula is C33H31F5N2O5S2. The number of rotatable bonds is 11. The molecule has 2 atom stereocenters. The number of pyridine rings is 1. The molecule has 2 unspecified atom stereocenters. The van der Waals surface area contributed by atoms with Crippen LogP contribution in [0.2, 0.25) is 0 Å². The molecule has 5 rings (SSSR count). The van der Waals surface area contributed by atoms with E-state index in [1.54, 1.807) is 30.3 Å². The highest BCUT2D eigenvalue weighted by molar-refractivity contribution is 7.99. The highest BCUT2D eigenvalue weighted by Crippen LogP contribution is 2.45. The largest absolute Gasteiger partial charge is 0.494 e. The Bertz CT molecular complexity index is 1950. The number of benzene rings is 3. The quantitative estimate of drug-likeness (QED) is 0.0994. The zero-order chi connectivity index (χ0) is 34.1. The number of hydrogen-bond donors (Lipinski definition) is 2. The van der Waals surface area contributed by atoms with E-state index in [-0.39, 0.29) is 46.7 Å². The fraction of sp³-hybridized carbons (Fsp3) is 0.303. The number of nitrogens with one attached hydrogen (secondary N) is 1. The van der Waals surface area contributed by atoms with E-state index in [0.29, 0.717) is 5.03 Å². The molecule has 3 aromatic carbocycles. The molecule has 0 aliphatic carbocycles. The molecule has 1 aliphatic rings. The highest BCUT2D eigenvalue weighted by atomic mass is 32.2. The Hall–Kier alpha value is -3.72. The van der Waals surface area contributed by atoms with Gasteiger partial charge in [0.25, 0.3) is 15.7 Å². The van der Waals surface area contributed by atoms with Crippen molar-refractivity contribution in [3.05, 3.63) is 117 Å². The SMILES string of the molecule is COc1cccc(-c2c(C)c(Cc3c(F)cccc3C(F)(F)F)c3n(c2=O)C(C(NCCCS(=O)(=O)O)c2ccccc2)CS3)c1F. The fourth-order valence-corrected chi connectivity index (χ4v) is 7.92. The summed E-state index contributed by atoms with van der Waals surface area (Å²) >= 11 is 1.22. The van der Waals surface area contributed by atoms with Crippen LogP contribution in [0.1, 0.15) is 46.3 Å². The van der Waals surface area contributed by atoms with Crippen molar-refractivity contribution in [3.8, 4) is 16.9 Å². The zero-order valence-corrected chi connectivity index (χ0v) is 26.9. The Kier molecular flexibility index (Phi) is 10.2. The lowest BCUT2D eigenvalue weighted by atomic mass is 9.91. The number of nitrogens with zero attached hydrogens (tertiary/aromatic N) is 1. The van der Waals surface area contributed by atoms with E-state index in [1.807, 2.05) is 0 Å². The standard InChI is InChI=1S/C33H31F5N2O5S2/c1-19-22(17-23-24(33(36,37)38)12-7-13-25(23)34)32-40(31(41)28(19)21-11-6-14-27(45-2)29(21)35)26(18-46-32)30(20-9-4-3-5-10-20)39-15-8-16-47(42,43)44/h3-7,9-14,26,30,39H,8,15-18H2,1-2H3,(H,42,43,44). The van der Waals surface area contributed by atoms with Crippen molar-refractivity contribution in [2.45, 2.75) is 43.1 Å². The van der Waals surface area contributed by atoms with Crippen LogP contribution in [0.15, 0.2) is 76.6 Å². The molecule has 0 radical (unpaired) electrons. The van der Waals surface area contributed by atoms with Crippen LogP contribution in [-0.2, 0) is 22.7 Å². The first-order valence-electron chi connectivity index (χ1n) is 14.5. The average Bonchev–Trinajstić information content (AvgIpc) is 3.45. The van der Waals surface area contributed by atoms with Crippen molar-refractivity contribution in [1.29, 1.82) is 0 Å². The summed E-state index contributed by atoms with van der Waals surface area (Å²) in [4.78, 5) is 14.5. The summed E-state index contributed by atoms with van der Waals surface area (Å²) in [6.07, 6.45) is -5.34. The number of aromatic nitrogens is 1. The lowest BCUT2D eigenvalue weighted by molar-refractivity contribution is -0.138. The topological polar surface area (TPSA) is 97.6 Å². The lowest BCUT2D eigenvalue weighted by Gasteiger charge is -2.28. The van der Waals surface area contributed by atoms with E-state index in [1.165, 1.54) is 48.6 Å². The van der Waals surface area contributed by atoms with E-state index < -0.39 is 68.9 Å². The van der Waals surface area contributed by atoms with Crippen LogP contribution >= 0.6 is 11.8 Å². The Labute approximate surface area is 272 Å². The monoisotopic (exact) mass is 694 g/mol. The third-order valence-electron chi connectivity index (χ3n) is 8.18. The molecule has 14 heteroatoms. The molecule has 250 valence electrons. The summed E-state index contributed by atoms with van der Waals surface area (Å²) in [5.74, 6) is -2.28. The van der Waals surface area contributed by atoms with Gasteiger partial charge in [-0.3, -0.25) is 13.9 Å². The number of ether oxygens (including phenoxy) is 1. The number of thioether (sulfide) groups is 1. The fourth-order valence-electron chi connectivity index (χ4n) is 5.99. The van der Waals surface area contributed by atoms with Gasteiger partial charge in [-0.25, -0.2) is 8.78 Å². The van der Waals surface area contributed by atoms with E-state index >= 15 is 8.78 Å². The predicted octanol–water partition coefficient (Wildman–Crippen LogP) is 6.98. The molecule has 2 heterocycles. The number of hydrogen-bond acceptors (Lipinski definition) is 6. The molecule has 47 heavy (non-hydrogen) atoms. The van der Waals surface area contributed by atoms with Gasteiger partial charge in [0.1, 0.15) is 5.82 Å². The van der Waals surface area contributed by atoms with E-state index in [4.69, 9.17) is 4.74 Å². The summed E-state index contributed by atoms with van der Waals surface area (Å²) in [7, 11) is -2.96. The van der Waals surface area contributed by atoms with Gasteiger partial charge in [-0.05, 0) is 54.8 Å². The molecule has 7 nitrogen and oxygen atoms in total. The van der Waals surface area contributed by atoms with Gasteiger partial charge in [0.15, 0.2) is 11.6 Å². The number of alkyl halides is 3. The van der Waals surface area contributed by atoms with Crippen LogP contribution in [-0.4, -0.2) is 42.7 Å². The van der Waals surface area contributed by atoms with Crippen LogP contribution in [0, 0.1) is 18.6 Å². The summed E-state index contributed by atoms with van der Waals surface area (Å²) in [6.45, 7) is 1.64. The summed E-state index contributed by atoms with van der Waals surface area (Å²) in [6, 6.07) is 14.6. The van der Waals surface area contributed by atoms with Crippen LogP contribution in [0.4, 0.5) is 22.0 Å². The Morgan fingerprint density at radius 2 is 1.74 bits per heavy atom. The van der Waals surface area contributed by atoms with Crippen molar-refractivity contribution >= 4 is 21.9 Å². The molecule has 0 spiro atoms. The van der Waals surface area contributed by atoms with Crippen molar-refractivity contribution < 1.29 is 39.7 Å². The first-order chi connectivity index (χ1) is 22.2. The molecule has 0 saturated heterocycles. The summed E-state index contributed by atoms with van der Waals surface area (Å²) in [5, 5.41) is 3.60. The number of fused-ring (bicyclic) bond motifs is 1. The van der Waals surface area contributed by atoms with E-state index in [0.717, 1.165) is 23.8 Å². The molecule has 2 N–H and O–H groups in total. The molecule has 4 aromatic rings. The van der Waals surface area contributed by atoms with Crippen molar-refractivity contribution in [2.75, 3.05) is 25.2 Å². The van der Waals surface area contributed by atoms with Crippen molar-refractivity contribution in [3.63, 3.8) is 0 Å². The van der Waals surface area contributed by atoms with Crippen LogP contribution in [0.5, 0.6) is 5.75 Å². The lowest BCUT2D eigenvalue weighted by Crippen LogP contribution is -2.36. The predicted molar refractivity (Wildman–Crippen MR) is 170 cm³/mol. The second kappa shape index (κ2) is 13.8. The van der Waals surface area contributed by atoms with E-state index in [9.17, 15) is 30.9 Å². The van der Waals surface area contributed by atoms with Gasteiger partial charge in [0, 0.05) is 23.3 Å². The minimum Gasteiger partial charge on any atom is -0.494 e. The molecule has 0 saturated carbocycles.